The number of ether oxygens (including phenoxy) is 1. The summed E-state index contributed by atoms with van der Waals surface area (Å²) in [5.74, 6) is 0.459. The maximum atomic E-state index is 11.3. The van der Waals surface area contributed by atoms with E-state index < -0.39 is 0 Å². The molecule has 0 aliphatic heterocycles. The first-order chi connectivity index (χ1) is 9.20. The lowest BCUT2D eigenvalue weighted by Crippen LogP contribution is -2.27. The zero-order valence-corrected chi connectivity index (χ0v) is 11.0. The lowest BCUT2D eigenvalue weighted by atomic mass is 10.1. The van der Waals surface area contributed by atoms with Crippen LogP contribution in [0.2, 0.25) is 0 Å². The molecule has 2 rings (SSSR count). The molecule has 1 heterocycles. The van der Waals surface area contributed by atoms with E-state index >= 15 is 0 Å². The minimum atomic E-state index is -0.283. The van der Waals surface area contributed by atoms with Crippen molar-refractivity contribution in [1.82, 2.24) is 4.98 Å². The number of carbonyl (C=O) groups is 1. The number of esters is 1. The van der Waals surface area contributed by atoms with Gasteiger partial charge in [0.25, 0.3) is 0 Å². The number of nitrogens with zero attached hydrogens (tertiary/aromatic N) is 2. The zero-order valence-electron chi connectivity index (χ0n) is 11.0. The number of methoxy groups -OCH3 is 1. The van der Waals surface area contributed by atoms with Gasteiger partial charge in [0.15, 0.2) is 0 Å². The van der Waals surface area contributed by atoms with Gasteiger partial charge in [0.1, 0.15) is 12.4 Å². The van der Waals surface area contributed by atoms with E-state index in [0.29, 0.717) is 0 Å². The summed E-state index contributed by atoms with van der Waals surface area (Å²) in [5.41, 5.74) is 1.94. The van der Waals surface area contributed by atoms with Crippen LogP contribution in [0.25, 0.3) is 11.3 Å². The SMILES string of the molecule is COC(=O)CN(C)c1cccc(-c2ccccc2)n1. The highest BCUT2D eigenvalue weighted by molar-refractivity contribution is 5.75. The van der Waals surface area contributed by atoms with Crippen molar-refractivity contribution in [3.8, 4) is 11.3 Å². The minimum absolute atomic E-state index is 0.182. The Morgan fingerprint density at radius 3 is 2.58 bits per heavy atom. The highest BCUT2D eigenvalue weighted by atomic mass is 16.5. The number of hydrogen-bond acceptors (Lipinski definition) is 4. The Kier molecular flexibility index (Phi) is 4.13. The predicted octanol–water partition coefficient (Wildman–Crippen LogP) is 2.36. The molecule has 0 bridgehead atoms. The van der Waals surface area contributed by atoms with Gasteiger partial charge in [0.2, 0.25) is 0 Å². The Bertz CT molecular complexity index is 555. The van der Waals surface area contributed by atoms with E-state index in [9.17, 15) is 4.79 Å². The fraction of sp³-hybridized carbons (Fsp3) is 0.200. The molecular weight excluding hydrogens is 240 g/mol. The summed E-state index contributed by atoms with van der Waals surface area (Å²) in [5, 5.41) is 0. The van der Waals surface area contributed by atoms with Crippen molar-refractivity contribution in [2.75, 3.05) is 25.6 Å². The molecule has 0 atom stereocenters. The van der Waals surface area contributed by atoms with E-state index in [2.05, 4.69) is 9.72 Å². The number of likely N-dealkylation sites (N-methyl/N-ethyl adjacent to an activating group) is 1. The zero-order chi connectivity index (χ0) is 13.7. The number of rotatable bonds is 4. The monoisotopic (exact) mass is 256 g/mol. The maximum Gasteiger partial charge on any atom is 0.325 e. The van der Waals surface area contributed by atoms with Gasteiger partial charge >= 0.3 is 5.97 Å². The second-order valence-corrected chi connectivity index (χ2v) is 4.18. The number of benzene rings is 1. The molecule has 0 saturated carbocycles. The van der Waals surface area contributed by atoms with Crippen molar-refractivity contribution >= 4 is 11.8 Å². The minimum Gasteiger partial charge on any atom is -0.468 e. The van der Waals surface area contributed by atoms with Gasteiger partial charge in [-0.15, -0.1) is 0 Å². The molecule has 0 spiro atoms. The van der Waals surface area contributed by atoms with Gasteiger partial charge in [-0.1, -0.05) is 36.4 Å². The van der Waals surface area contributed by atoms with Crippen LogP contribution >= 0.6 is 0 Å². The van der Waals surface area contributed by atoms with Gasteiger partial charge < -0.3 is 9.64 Å². The van der Waals surface area contributed by atoms with Crippen molar-refractivity contribution in [3.05, 3.63) is 48.5 Å². The Morgan fingerprint density at radius 1 is 1.16 bits per heavy atom. The second-order valence-electron chi connectivity index (χ2n) is 4.18. The van der Waals surface area contributed by atoms with Gasteiger partial charge in [0, 0.05) is 12.6 Å². The largest absolute Gasteiger partial charge is 0.468 e. The molecule has 0 aliphatic carbocycles. The summed E-state index contributed by atoms with van der Waals surface area (Å²) < 4.78 is 4.65. The summed E-state index contributed by atoms with van der Waals surface area (Å²) in [6.07, 6.45) is 0. The molecule has 19 heavy (non-hydrogen) atoms. The fourth-order valence-electron chi connectivity index (χ4n) is 1.74. The van der Waals surface area contributed by atoms with Crippen LogP contribution in [0.3, 0.4) is 0 Å². The van der Waals surface area contributed by atoms with Gasteiger partial charge in [-0.05, 0) is 12.1 Å². The quantitative estimate of drug-likeness (QED) is 0.788. The van der Waals surface area contributed by atoms with Gasteiger partial charge in [0.05, 0.1) is 12.8 Å². The normalized spacial score (nSPS) is 10.0. The van der Waals surface area contributed by atoms with Crippen LogP contribution in [0, 0.1) is 0 Å². The lowest BCUT2D eigenvalue weighted by molar-refractivity contribution is -0.138. The van der Waals surface area contributed by atoms with Crippen LogP contribution < -0.4 is 4.90 Å². The third-order valence-corrected chi connectivity index (χ3v) is 2.79. The second kappa shape index (κ2) is 6.00. The van der Waals surface area contributed by atoms with Crippen LogP contribution in [0.5, 0.6) is 0 Å². The third-order valence-electron chi connectivity index (χ3n) is 2.79. The van der Waals surface area contributed by atoms with Crippen LogP contribution in [0.4, 0.5) is 5.82 Å². The first kappa shape index (κ1) is 13.1. The Balaban J connectivity index is 2.22. The van der Waals surface area contributed by atoms with Crippen LogP contribution in [0.15, 0.2) is 48.5 Å². The highest BCUT2D eigenvalue weighted by Gasteiger charge is 2.09. The maximum absolute atomic E-state index is 11.3. The van der Waals surface area contributed by atoms with Crippen molar-refractivity contribution in [2.45, 2.75) is 0 Å². The first-order valence-corrected chi connectivity index (χ1v) is 6.01. The standard InChI is InChI=1S/C15H16N2O2/c1-17(11-15(18)19-2)14-10-6-9-13(16-14)12-7-4-3-5-8-12/h3-10H,11H2,1-2H3. The van der Waals surface area contributed by atoms with E-state index in [1.807, 2.05) is 55.6 Å². The summed E-state index contributed by atoms with van der Waals surface area (Å²) in [7, 11) is 3.19. The summed E-state index contributed by atoms with van der Waals surface area (Å²) in [4.78, 5) is 17.6. The Hall–Kier alpha value is -2.36. The van der Waals surface area contributed by atoms with E-state index in [0.717, 1.165) is 17.1 Å². The van der Waals surface area contributed by atoms with Crippen molar-refractivity contribution < 1.29 is 9.53 Å². The molecule has 0 amide bonds. The number of hydrogen-bond donors (Lipinski definition) is 0. The van der Waals surface area contributed by atoms with E-state index in [1.165, 1.54) is 7.11 Å². The molecule has 1 aromatic carbocycles. The lowest BCUT2D eigenvalue weighted by Gasteiger charge is -2.17. The molecule has 0 N–H and O–H groups in total. The average Bonchev–Trinajstić information content (AvgIpc) is 2.48. The molecule has 0 unspecified atom stereocenters. The smallest absolute Gasteiger partial charge is 0.325 e. The van der Waals surface area contributed by atoms with Gasteiger partial charge in [-0.25, -0.2) is 4.98 Å². The van der Waals surface area contributed by atoms with Crippen LogP contribution in [-0.4, -0.2) is 31.7 Å². The molecule has 0 fully saturated rings. The highest BCUT2D eigenvalue weighted by Crippen LogP contribution is 2.19. The summed E-state index contributed by atoms with van der Waals surface area (Å²) in [6, 6.07) is 15.7. The molecule has 98 valence electrons. The van der Waals surface area contributed by atoms with Crippen molar-refractivity contribution in [1.29, 1.82) is 0 Å². The van der Waals surface area contributed by atoms with E-state index in [4.69, 9.17) is 0 Å². The van der Waals surface area contributed by atoms with Crippen molar-refractivity contribution in [2.24, 2.45) is 0 Å². The molecule has 4 heteroatoms. The van der Waals surface area contributed by atoms with Crippen molar-refractivity contribution in [3.63, 3.8) is 0 Å². The predicted molar refractivity (Wildman–Crippen MR) is 75.0 cm³/mol. The number of carbonyl (C=O) groups excluding carboxylic acids is 1. The Labute approximate surface area is 112 Å². The number of aromatic nitrogens is 1. The summed E-state index contributed by atoms with van der Waals surface area (Å²) >= 11 is 0. The molecule has 0 saturated heterocycles. The average molecular weight is 256 g/mol. The molecule has 1 aromatic heterocycles. The van der Waals surface area contributed by atoms with Gasteiger partial charge in [-0.2, -0.15) is 0 Å². The molecule has 0 aliphatic rings. The molecule has 0 radical (unpaired) electrons. The van der Waals surface area contributed by atoms with Gasteiger partial charge in [-0.3, -0.25) is 4.79 Å². The third kappa shape index (κ3) is 3.31. The van der Waals surface area contributed by atoms with E-state index in [1.54, 1.807) is 4.90 Å². The number of pyridine rings is 1. The first-order valence-electron chi connectivity index (χ1n) is 6.01. The fourth-order valence-corrected chi connectivity index (χ4v) is 1.74. The molecule has 4 nitrogen and oxygen atoms in total. The molecular formula is C15H16N2O2. The Morgan fingerprint density at radius 2 is 1.89 bits per heavy atom. The number of anilines is 1. The van der Waals surface area contributed by atoms with Crippen LogP contribution in [0.1, 0.15) is 0 Å². The van der Waals surface area contributed by atoms with E-state index in [-0.39, 0.29) is 12.5 Å². The summed E-state index contributed by atoms with van der Waals surface area (Å²) in [6.45, 7) is 0.182. The van der Waals surface area contributed by atoms with Crippen LogP contribution in [-0.2, 0) is 9.53 Å². The molecule has 2 aromatic rings. The topological polar surface area (TPSA) is 42.4 Å².